The van der Waals surface area contributed by atoms with Crippen molar-refractivity contribution in [1.82, 2.24) is 9.88 Å². The molecule has 6 nitrogen and oxygen atoms in total. The summed E-state index contributed by atoms with van der Waals surface area (Å²) in [7, 11) is 2.04. The highest BCUT2D eigenvalue weighted by Gasteiger charge is 2.17. The summed E-state index contributed by atoms with van der Waals surface area (Å²) >= 11 is 0. The molecule has 0 radical (unpaired) electrons. The van der Waals surface area contributed by atoms with Crippen LogP contribution in [0.1, 0.15) is 6.42 Å². The van der Waals surface area contributed by atoms with Crippen LogP contribution in [0.3, 0.4) is 0 Å². The summed E-state index contributed by atoms with van der Waals surface area (Å²) in [5.41, 5.74) is 7.71. The van der Waals surface area contributed by atoms with Gasteiger partial charge in [-0.1, -0.05) is 0 Å². The molecule has 1 aromatic heterocycles. The molecular formula is C17H26N5O+. The molecule has 1 aliphatic heterocycles. The van der Waals surface area contributed by atoms with Crippen LogP contribution in [-0.2, 0) is 13.6 Å². The van der Waals surface area contributed by atoms with Gasteiger partial charge in [0.05, 0.1) is 25.8 Å². The van der Waals surface area contributed by atoms with E-state index in [4.69, 9.17) is 10.5 Å². The van der Waals surface area contributed by atoms with Crippen LogP contribution >= 0.6 is 0 Å². The van der Waals surface area contributed by atoms with Gasteiger partial charge >= 0.3 is 0 Å². The summed E-state index contributed by atoms with van der Waals surface area (Å²) in [6.45, 7) is 5.69. The van der Waals surface area contributed by atoms with Crippen molar-refractivity contribution < 1.29 is 9.30 Å². The first-order valence-corrected chi connectivity index (χ1v) is 8.21. The van der Waals surface area contributed by atoms with Gasteiger partial charge in [0.2, 0.25) is 6.33 Å². The normalized spacial score (nSPS) is 13.7. The van der Waals surface area contributed by atoms with Gasteiger partial charge in [0, 0.05) is 24.8 Å². The standard InChI is InChI=1S/C17H26N5O/c1-20-9-10-21(14-20)7-2-5-19-6-8-22-11-12-23-17-13-15(18)3-4-16(17)22/h3-4,9-10,13-14,19H,2,5-8,11-12,18H2,1H3/q+1. The first-order chi connectivity index (χ1) is 11.2. The molecule has 1 aromatic carbocycles. The number of fused-ring (bicyclic) bond motifs is 1. The van der Waals surface area contributed by atoms with Gasteiger partial charge < -0.3 is 20.7 Å². The number of nitrogens with one attached hydrogen (secondary N) is 1. The second-order valence-corrected chi connectivity index (χ2v) is 5.98. The van der Waals surface area contributed by atoms with Crippen LogP contribution in [0, 0.1) is 0 Å². The zero-order valence-corrected chi connectivity index (χ0v) is 13.7. The molecule has 0 amide bonds. The molecule has 2 heterocycles. The first-order valence-electron chi connectivity index (χ1n) is 8.21. The van der Waals surface area contributed by atoms with E-state index in [1.54, 1.807) is 0 Å². The predicted molar refractivity (Wildman–Crippen MR) is 91.7 cm³/mol. The lowest BCUT2D eigenvalue weighted by molar-refractivity contribution is -0.671. The second kappa shape index (κ2) is 7.37. The minimum Gasteiger partial charge on any atom is -0.489 e. The van der Waals surface area contributed by atoms with Crippen LogP contribution in [0.25, 0.3) is 0 Å². The van der Waals surface area contributed by atoms with Crippen molar-refractivity contribution in [2.75, 3.05) is 43.4 Å². The third kappa shape index (κ3) is 4.16. The van der Waals surface area contributed by atoms with Crippen molar-refractivity contribution in [1.29, 1.82) is 0 Å². The van der Waals surface area contributed by atoms with Crippen LogP contribution in [-0.4, -0.2) is 37.4 Å². The van der Waals surface area contributed by atoms with Gasteiger partial charge in [-0.05, 0) is 25.1 Å². The smallest absolute Gasteiger partial charge is 0.243 e. The largest absolute Gasteiger partial charge is 0.489 e. The molecule has 1 aliphatic rings. The van der Waals surface area contributed by atoms with Gasteiger partial charge in [-0.15, -0.1) is 0 Å². The Balaban J connectivity index is 1.38. The highest BCUT2D eigenvalue weighted by atomic mass is 16.5. The molecule has 6 heteroatoms. The fourth-order valence-electron chi connectivity index (χ4n) is 2.89. The number of rotatable bonds is 7. The number of nitrogen functional groups attached to an aromatic ring is 1. The molecule has 0 unspecified atom stereocenters. The van der Waals surface area contributed by atoms with E-state index in [0.29, 0.717) is 0 Å². The van der Waals surface area contributed by atoms with Crippen LogP contribution in [0.15, 0.2) is 36.9 Å². The Kier molecular flexibility index (Phi) is 5.02. The molecule has 3 rings (SSSR count). The molecule has 0 spiro atoms. The van der Waals surface area contributed by atoms with E-state index in [1.807, 2.05) is 19.2 Å². The van der Waals surface area contributed by atoms with Crippen LogP contribution in [0.5, 0.6) is 5.75 Å². The van der Waals surface area contributed by atoms with Crippen molar-refractivity contribution in [3.05, 3.63) is 36.9 Å². The number of hydrogen-bond acceptors (Lipinski definition) is 4. The van der Waals surface area contributed by atoms with Gasteiger partial charge in [-0.25, -0.2) is 9.13 Å². The summed E-state index contributed by atoms with van der Waals surface area (Å²) in [5, 5.41) is 3.52. The van der Waals surface area contributed by atoms with Crippen LogP contribution in [0.2, 0.25) is 0 Å². The van der Waals surface area contributed by atoms with Gasteiger partial charge in [0.15, 0.2) is 0 Å². The topological polar surface area (TPSA) is 59.3 Å². The molecule has 2 aromatic rings. The Bertz CT molecular complexity index is 640. The summed E-state index contributed by atoms with van der Waals surface area (Å²) < 4.78 is 9.96. The highest BCUT2D eigenvalue weighted by Crippen LogP contribution is 2.32. The van der Waals surface area contributed by atoms with E-state index in [9.17, 15) is 0 Å². The Morgan fingerprint density at radius 1 is 1.30 bits per heavy atom. The third-order valence-electron chi connectivity index (χ3n) is 4.10. The Labute approximate surface area is 137 Å². The number of aryl methyl sites for hydroxylation is 2. The van der Waals surface area contributed by atoms with E-state index >= 15 is 0 Å². The van der Waals surface area contributed by atoms with E-state index in [1.165, 1.54) is 0 Å². The maximum atomic E-state index is 5.82. The molecule has 0 bridgehead atoms. The number of aromatic nitrogens is 2. The Morgan fingerprint density at radius 3 is 3.04 bits per heavy atom. The van der Waals surface area contributed by atoms with Crippen molar-refractivity contribution in [3.8, 4) is 5.75 Å². The Hall–Kier alpha value is -2.21. The minimum atomic E-state index is 0.723. The minimum absolute atomic E-state index is 0.723. The van der Waals surface area contributed by atoms with E-state index in [0.717, 1.165) is 62.9 Å². The SMILES string of the molecule is C[n+]1ccn(CCCNCCN2CCOc3cc(N)ccc32)c1. The average Bonchev–Trinajstić information content (AvgIpc) is 2.96. The molecule has 3 N–H and O–H groups in total. The summed E-state index contributed by atoms with van der Waals surface area (Å²) in [5.74, 6) is 0.900. The van der Waals surface area contributed by atoms with E-state index in [-0.39, 0.29) is 0 Å². The summed E-state index contributed by atoms with van der Waals surface area (Å²) in [6, 6.07) is 5.90. The third-order valence-corrected chi connectivity index (χ3v) is 4.10. The zero-order valence-electron chi connectivity index (χ0n) is 13.7. The van der Waals surface area contributed by atoms with Crippen LogP contribution < -0.4 is 25.3 Å². The first kappa shape index (κ1) is 15.7. The summed E-state index contributed by atoms with van der Waals surface area (Å²) in [4.78, 5) is 2.36. The molecule has 0 saturated carbocycles. The molecule has 124 valence electrons. The lowest BCUT2D eigenvalue weighted by atomic mass is 10.2. The molecule has 0 aliphatic carbocycles. The fraction of sp³-hybridized carbons (Fsp3) is 0.471. The van der Waals surface area contributed by atoms with E-state index in [2.05, 4.69) is 44.1 Å². The number of hydrogen-bond donors (Lipinski definition) is 2. The number of anilines is 2. The lowest BCUT2D eigenvalue weighted by Gasteiger charge is -2.31. The van der Waals surface area contributed by atoms with Crippen molar-refractivity contribution in [3.63, 3.8) is 0 Å². The average molecular weight is 316 g/mol. The molecule has 0 atom stereocenters. The number of benzene rings is 1. The van der Waals surface area contributed by atoms with Gasteiger partial charge in [0.1, 0.15) is 24.8 Å². The monoisotopic (exact) mass is 316 g/mol. The number of ether oxygens (including phenoxy) is 1. The van der Waals surface area contributed by atoms with Gasteiger partial charge in [-0.2, -0.15) is 0 Å². The predicted octanol–water partition coefficient (Wildman–Crippen LogP) is 0.774. The lowest BCUT2D eigenvalue weighted by Crippen LogP contribution is -2.38. The van der Waals surface area contributed by atoms with E-state index < -0.39 is 0 Å². The van der Waals surface area contributed by atoms with Crippen LogP contribution in [0.4, 0.5) is 11.4 Å². The maximum absolute atomic E-state index is 5.82. The van der Waals surface area contributed by atoms with Gasteiger partial charge in [-0.3, -0.25) is 0 Å². The maximum Gasteiger partial charge on any atom is 0.243 e. The number of nitrogens with two attached hydrogens (primary N) is 1. The second-order valence-electron chi connectivity index (χ2n) is 5.98. The number of imidazole rings is 1. The highest BCUT2D eigenvalue weighted by molar-refractivity contribution is 5.65. The molecule has 0 saturated heterocycles. The molecular weight excluding hydrogens is 290 g/mol. The molecule has 0 fully saturated rings. The zero-order chi connectivity index (χ0) is 16.1. The fourth-order valence-corrected chi connectivity index (χ4v) is 2.89. The van der Waals surface area contributed by atoms with Gasteiger partial charge in [0.25, 0.3) is 0 Å². The summed E-state index contributed by atoms with van der Waals surface area (Å²) in [6.07, 6.45) is 7.41. The van der Waals surface area contributed by atoms with Crippen molar-refractivity contribution in [2.45, 2.75) is 13.0 Å². The Morgan fingerprint density at radius 2 is 2.22 bits per heavy atom. The van der Waals surface area contributed by atoms with Crippen molar-refractivity contribution in [2.24, 2.45) is 7.05 Å². The quantitative estimate of drug-likeness (QED) is 0.450. The number of nitrogens with zero attached hydrogens (tertiary/aromatic N) is 3. The molecule has 23 heavy (non-hydrogen) atoms. The van der Waals surface area contributed by atoms with Crippen molar-refractivity contribution >= 4 is 11.4 Å².